The molecule has 5 rings (SSSR count). The lowest BCUT2D eigenvalue weighted by Crippen LogP contribution is -2.14. The van der Waals surface area contributed by atoms with Crippen molar-refractivity contribution in [3.63, 3.8) is 0 Å². The average Bonchev–Trinajstić information content (AvgIpc) is 2.97. The Morgan fingerprint density at radius 1 is 1.06 bits per heavy atom. The van der Waals surface area contributed by atoms with Crippen LogP contribution in [-0.2, 0) is 22.7 Å². The highest BCUT2D eigenvalue weighted by molar-refractivity contribution is 6.31. The Labute approximate surface area is 195 Å². The molecule has 166 valence electrons. The fourth-order valence-corrected chi connectivity index (χ4v) is 4.09. The molecule has 1 N–H and O–H groups in total. The summed E-state index contributed by atoms with van der Waals surface area (Å²) in [5.74, 6) is 0.212. The molecule has 1 atom stereocenters. The van der Waals surface area contributed by atoms with E-state index in [0.29, 0.717) is 23.1 Å². The monoisotopic (exact) mass is 461 g/mol. The number of hydrogen-bond donors (Lipinski definition) is 1. The Balaban J connectivity index is 1.42. The first-order chi connectivity index (χ1) is 16.1. The zero-order chi connectivity index (χ0) is 22.8. The molecule has 1 unspecified atom stereocenters. The van der Waals surface area contributed by atoms with Crippen molar-refractivity contribution in [1.29, 1.82) is 0 Å². The van der Waals surface area contributed by atoms with E-state index in [9.17, 15) is 9.90 Å². The number of rotatable bonds is 6. The number of carboxylic acid groups (broad SMARTS) is 1. The minimum Gasteiger partial charge on any atom is -0.488 e. The maximum absolute atomic E-state index is 11.2. The van der Waals surface area contributed by atoms with Crippen LogP contribution < -0.4 is 9.47 Å². The molecule has 0 bridgehead atoms. The van der Waals surface area contributed by atoms with E-state index < -0.39 is 18.7 Å². The third kappa shape index (κ3) is 4.62. The predicted octanol–water partition coefficient (Wildman–Crippen LogP) is 5.55. The molecule has 0 aliphatic carbocycles. The van der Waals surface area contributed by atoms with Crippen LogP contribution in [0.4, 0.5) is 0 Å². The van der Waals surface area contributed by atoms with E-state index in [1.807, 2.05) is 72.8 Å². The number of halogens is 1. The second-order valence-corrected chi connectivity index (χ2v) is 8.14. The van der Waals surface area contributed by atoms with Crippen molar-refractivity contribution in [1.82, 2.24) is 4.98 Å². The largest absolute Gasteiger partial charge is 0.488 e. The van der Waals surface area contributed by atoms with Gasteiger partial charge < -0.3 is 19.3 Å². The quantitative estimate of drug-likeness (QED) is 0.405. The van der Waals surface area contributed by atoms with Gasteiger partial charge in [0.1, 0.15) is 37.4 Å². The minimum atomic E-state index is -1.03. The summed E-state index contributed by atoms with van der Waals surface area (Å²) in [6.45, 7) is 0.228. The molecule has 33 heavy (non-hydrogen) atoms. The lowest BCUT2D eigenvalue weighted by Gasteiger charge is -2.19. The van der Waals surface area contributed by atoms with Gasteiger partial charge in [-0.15, -0.1) is 0 Å². The summed E-state index contributed by atoms with van der Waals surface area (Å²) in [6, 6.07) is 22.6. The van der Waals surface area contributed by atoms with Gasteiger partial charge in [-0.3, -0.25) is 0 Å². The van der Waals surface area contributed by atoms with Gasteiger partial charge in [0.25, 0.3) is 0 Å². The first kappa shape index (κ1) is 21.2. The first-order valence-corrected chi connectivity index (χ1v) is 10.8. The van der Waals surface area contributed by atoms with Crippen LogP contribution in [-0.4, -0.2) is 22.7 Å². The number of pyridine rings is 1. The van der Waals surface area contributed by atoms with Gasteiger partial charge in [0.05, 0.1) is 11.2 Å². The summed E-state index contributed by atoms with van der Waals surface area (Å²) in [7, 11) is 0. The Morgan fingerprint density at radius 2 is 1.94 bits per heavy atom. The van der Waals surface area contributed by atoms with Crippen LogP contribution in [0.15, 0.2) is 72.8 Å². The third-order valence-electron chi connectivity index (χ3n) is 5.45. The second-order valence-electron chi connectivity index (χ2n) is 7.70. The van der Waals surface area contributed by atoms with Gasteiger partial charge in [-0.1, -0.05) is 41.9 Å². The molecule has 0 amide bonds. The Bertz CT molecular complexity index is 1340. The molecule has 1 aliphatic rings. The van der Waals surface area contributed by atoms with Gasteiger partial charge >= 0.3 is 5.97 Å². The van der Waals surface area contributed by atoms with E-state index in [1.165, 1.54) is 0 Å². The van der Waals surface area contributed by atoms with Crippen molar-refractivity contribution in [2.24, 2.45) is 0 Å². The summed E-state index contributed by atoms with van der Waals surface area (Å²) in [4.78, 5) is 15.8. The number of carbonyl (C=O) groups is 1. The zero-order valence-corrected chi connectivity index (χ0v) is 18.3. The Morgan fingerprint density at radius 3 is 2.82 bits per heavy atom. The van der Waals surface area contributed by atoms with Crippen LogP contribution in [0, 0.1) is 0 Å². The molecule has 4 aromatic rings. The van der Waals surface area contributed by atoms with E-state index in [4.69, 9.17) is 25.8 Å². The van der Waals surface area contributed by atoms with Crippen LogP contribution >= 0.6 is 11.6 Å². The van der Waals surface area contributed by atoms with Crippen molar-refractivity contribution in [3.8, 4) is 11.5 Å². The number of aromatic nitrogens is 1. The molecule has 2 heterocycles. The van der Waals surface area contributed by atoms with Crippen LogP contribution in [0.1, 0.15) is 28.5 Å². The van der Waals surface area contributed by atoms with Gasteiger partial charge in [0, 0.05) is 16.0 Å². The van der Waals surface area contributed by atoms with Gasteiger partial charge in [-0.2, -0.15) is 0 Å². The van der Waals surface area contributed by atoms with Gasteiger partial charge in [-0.05, 0) is 53.6 Å². The molecule has 0 radical (unpaired) electrons. The SMILES string of the molecule is O=C(O)COC1c2ccccc2COc2ccc(OCc3ccc4cc(Cl)ccc4n3)cc21. The summed E-state index contributed by atoms with van der Waals surface area (Å²) in [6.07, 6.45) is -0.582. The minimum absolute atomic E-state index is 0.273. The first-order valence-electron chi connectivity index (χ1n) is 10.4. The summed E-state index contributed by atoms with van der Waals surface area (Å²) < 4.78 is 17.8. The van der Waals surface area contributed by atoms with E-state index in [1.54, 1.807) is 0 Å². The average molecular weight is 462 g/mol. The maximum atomic E-state index is 11.2. The molecule has 0 saturated heterocycles. The molecule has 1 aliphatic heterocycles. The number of ether oxygens (including phenoxy) is 3. The van der Waals surface area contributed by atoms with Crippen LogP contribution in [0.2, 0.25) is 5.02 Å². The van der Waals surface area contributed by atoms with Crippen molar-refractivity contribution < 1.29 is 24.1 Å². The Kier molecular flexibility index (Phi) is 5.86. The van der Waals surface area contributed by atoms with Crippen LogP contribution in [0.3, 0.4) is 0 Å². The van der Waals surface area contributed by atoms with E-state index in [0.717, 1.165) is 33.3 Å². The fraction of sp³-hybridized carbons (Fsp3) is 0.154. The highest BCUT2D eigenvalue weighted by atomic mass is 35.5. The van der Waals surface area contributed by atoms with E-state index in [-0.39, 0.29) is 6.61 Å². The molecule has 7 heteroatoms. The number of nitrogens with zero attached hydrogens (tertiary/aromatic N) is 1. The number of aliphatic carboxylic acids is 1. The van der Waals surface area contributed by atoms with Crippen molar-refractivity contribution in [2.45, 2.75) is 19.3 Å². The maximum Gasteiger partial charge on any atom is 0.329 e. The topological polar surface area (TPSA) is 77.9 Å². The van der Waals surface area contributed by atoms with Gasteiger partial charge in [-0.25, -0.2) is 9.78 Å². The second kappa shape index (κ2) is 9.10. The molecule has 0 fully saturated rings. The van der Waals surface area contributed by atoms with Crippen LogP contribution in [0.25, 0.3) is 10.9 Å². The van der Waals surface area contributed by atoms with Crippen molar-refractivity contribution in [2.75, 3.05) is 6.61 Å². The normalized spacial score (nSPS) is 14.6. The number of fused-ring (bicyclic) bond motifs is 3. The molecular formula is C26H20ClNO5. The standard InChI is InChI=1S/C26H20ClNO5/c27-18-6-9-23-16(11-18)5-7-19(28-23)14-31-20-8-10-24-22(12-20)26(33-15-25(29)30)21-4-2-1-3-17(21)13-32-24/h1-12,26H,13-15H2,(H,29,30). The summed E-state index contributed by atoms with van der Waals surface area (Å²) in [5, 5.41) is 10.8. The number of carboxylic acids is 1. The highest BCUT2D eigenvalue weighted by Crippen LogP contribution is 2.40. The number of hydrogen-bond acceptors (Lipinski definition) is 5. The molecule has 0 spiro atoms. The van der Waals surface area contributed by atoms with Gasteiger partial charge in [0.2, 0.25) is 0 Å². The Hall–Kier alpha value is -3.61. The van der Waals surface area contributed by atoms with Crippen LogP contribution in [0.5, 0.6) is 11.5 Å². The zero-order valence-electron chi connectivity index (χ0n) is 17.5. The molecule has 3 aromatic carbocycles. The molecule has 1 aromatic heterocycles. The fourth-order valence-electron chi connectivity index (χ4n) is 3.91. The van der Waals surface area contributed by atoms with Gasteiger partial charge in [0.15, 0.2) is 0 Å². The van der Waals surface area contributed by atoms with E-state index >= 15 is 0 Å². The van der Waals surface area contributed by atoms with E-state index in [2.05, 4.69) is 4.98 Å². The lowest BCUT2D eigenvalue weighted by atomic mass is 9.97. The molecule has 6 nitrogen and oxygen atoms in total. The molecular weight excluding hydrogens is 442 g/mol. The predicted molar refractivity (Wildman–Crippen MR) is 124 cm³/mol. The number of benzene rings is 3. The summed E-state index contributed by atoms with van der Waals surface area (Å²) in [5.41, 5.74) is 4.17. The highest BCUT2D eigenvalue weighted by Gasteiger charge is 2.26. The lowest BCUT2D eigenvalue weighted by molar-refractivity contribution is -0.143. The van der Waals surface area contributed by atoms with Crippen molar-refractivity contribution in [3.05, 3.63) is 100 Å². The smallest absolute Gasteiger partial charge is 0.329 e. The third-order valence-corrected chi connectivity index (χ3v) is 5.69. The summed E-state index contributed by atoms with van der Waals surface area (Å²) >= 11 is 6.05. The van der Waals surface area contributed by atoms with Crippen molar-refractivity contribution >= 4 is 28.5 Å². The molecule has 0 saturated carbocycles.